The molecule has 4 N–H and O–H groups in total. The van der Waals surface area contributed by atoms with Crippen LogP contribution in [-0.4, -0.2) is 29.4 Å². The van der Waals surface area contributed by atoms with Crippen molar-refractivity contribution < 1.29 is 9.59 Å². The Morgan fingerprint density at radius 1 is 1.27 bits per heavy atom. The molecule has 0 unspecified atom stereocenters. The summed E-state index contributed by atoms with van der Waals surface area (Å²) in [4.78, 5) is 28.3. The van der Waals surface area contributed by atoms with E-state index in [0.29, 0.717) is 5.13 Å². The molecule has 0 bridgehead atoms. The molecule has 2 amide bonds. The Morgan fingerprint density at radius 3 is 2.81 bits per heavy atom. The van der Waals surface area contributed by atoms with Crippen LogP contribution in [0.3, 0.4) is 0 Å². The van der Waals surface area contributed by atoms with E-state index in [1.54, 1.807) is 0 Å². The molecule has 1 aliphatic rings. The van der Waals surface area contributed by atoms with Crippen LogP contribution in [0, 0.1) is 5.92 Å². The van der Waals surface area contributed by atoms with E-state index in [-0.39, 0.29) is 24.3 Å². The SMILES string of the molecule is CC(C)[C@H](N)C(=O)NCC(=O)Nc1nc(-c2ccc3c(c2)CCC3)cs1. The number of benzene rings is 1. The van der Waals surface area contributed by atoms with Gasteiger partial charge in [-0.05, 0) is 42.4 Å². The van der Waals surface area contributed by atoms with Crippen LogP contribution in [0.4, 0.5) is 5.13 Å². The molecule has 0 radical (unpaired) electrons. The van der Waals surface area contributed by atoms with Crippen LogP contribution in [0.15, 0.2) is 23.6 Å². The predicted octanol–water partition coefficient (Wildman–Crippen LogP) is 2.34. The van der Waals surface area contributed by atoms with Crippen LogP contribution in [0.2, 0.25) is 0 Å². The third kappa shape index (κ3) is 4.28. The zero-order valence-electron chi connectivity index (χ0n) is 15.0. The molecular formula is C19H24N4O2S. The van der Waals surface area contributed by atoms with E-state index in [2.05, 4.69) is 33.8 Å². The number of aryl methyl sites for hydroxylation is 2. The summed E-state index contributed by atoms with van der Waals surface area (Å²) in [5.41, 5.74) is 10.5. The van der Waals surface area contributed by atoms with Crippen molar-refractivity contribution in [1.82, 2.24) is 10.3 Å². The molecule has 0 aliphatic heterocycles. The van der Waals surface area contributed by atoms with Crippen molar-refractivity contribution in [2.75, 3.05) is 11.9 Å². The Labute approximate surface area is 157 Å². The van der Waals surface area contributed by atoms with Crippen LogP contribution >= 0.6 is 11.3 Å². The number of carbonyl (C=O) groups is 2. The first-order valence-corrected chi connectivity index (χ1v) is 9.73. The summed E-state index contributed by atoms with van der Waals surface area (Å²) in [5, 5.41) is 7.72. The highest BCUT2D eigenvalue weighted by Gasteiger charge is 2.18. The molecule has 1 aliphatic carbocycles. The van der Waals surface area contributed by atoms with Gasteiger partial charge in [-0.3, -0.25) is 9.59 Å². The molecule has 0 spiro atoms. The van der Waals surface area contributed by atoms with Gasteiger partial charge in [0.1, 0.15) is 0 Å². The summed E-state index contributed by atoms with van der Waals surface area (Å²) in [5.74, 6) is -0.621. The maximum absolute atomic E-state index is 12.0. The molecule has 26 heavy (non-hydrogen) atoms. The van der Waals surface area contributed by atoms with Gasteiger partial charge < -0.3 is 16.4 Å². The Morgan fingerprint density at radius 2 is 2.04 bits per heavy atom. The molecule has 0 fully saturated rings. The minimum Gasteiger partial charge on any atom is -0.346 e. The molecule has 3 rings (SSSR count). The van der Waals surface area contributed by atoms with Gasteiger partial charge in [0, 0.05) is 10.9 Å². The molecule has 1 heterocycles. The second-order valence-electron chi connectivity index (χ2n) is 6.91. The van der Waals surface area contributed by atoms with Gasteiger partial charge in [-0.15, -0.1) is 11.3 Å². The normalized spacial score (nSPS) is 14.2. The molecule has 0 saturated heterocycles. The molecule has 138 valence electrons. The molecule has 7 heteroatoms. The number of thiazole rings is 1. The lowest BCUT2D eigenvalue weighted by atomic mass is 10.1. The lowest BCUT2D eigenvalue weighted by molar-refractivity contribution is -0.125. The highest BCUT2D eigenvalue weighted by atomic mass is 32.1. The highest BCUT2D eigenvalue weighted by Crippen LogP contribution is 2.30. The first-order chi connectivity index (χ1) is 12.4. The van der Waals surface area contributed by atoms with Crippen molar-refractivity contribution in [3.8, 4) is 11.3 Å². The minimum atomic E-state index is -0.617. The third-order valence-electron chi connectivity index (χ3n) is 4.59. The molecular weight excluding hydrogens is 348 g/mol. The summed E-state index contributed by atoms with van der Waals surface area (Å²) in [6, 6.07) is 5.83. The highest BCUT2D eigenvalue weighted by molar-refractivity contribution is 7.14. The minimum absolute atomic E-state index is 0.0203. The lowest BCUT2D eigenvalue weighted by Crippen LogP contribution is -2.46. The summed E-state index contributed by atoms with van der Waals surface area (Å²) in [6.45, 7) is 3.60. The molecule has 0 saturated carbocycles. The largest absolute Gasteiger partial charge is 0.346 e. The number of nitrogens with zero attached hydrogens (tertiary/aromatic N) is 1. The molecule has 1 aromatic carbocycles. The number of anilines is 1. The number of fused-ring (bicyclic) bond motifs is 1. The number of nitrogens with one attached hydrogen (secondary N) is 2. The van der Waals surface area contributed by atoms with E-state index in [1.807, 2.05) is 19.2 Å². The Bertz CT molecular complexity index is 816. The summed E-state index contributed by atoms with van der Waals surface area (Å²) in [7, 11) is 0. The summed E-state index contributed by atoms with van der Waals surface area (Å²) in [6.07, 6.45) is 3.48. The second-order valence-corrected chi connectivity index (χ2v) is 7.77. The Kier molecular flexibility index (Phi) is 5.68. The smallest absolute Gasteiger partial charge is 0.245 e. The van der Waals surface area contributed by atoms with E-state index in [1.165, 1.54) is 28.9 Å². The molecule has 1 aromatic heterocycles. The van der Waals surface area contributed by atoms with Crippen LogP contribution in [0.25, 0.3) is 11.3 Å². The van der Waals surface area contributed by atoms with Crippen LogP contribution in [0.1, 0.15) is 31.4 Å². The summed E-state index contributed by atoms with van der Waals surface area (Å²) >= 11 is 1.37. The topological polar surface area (TPSA) is 97.1 Å². The molecule has 6 nitrogen and oxygen atoms in total. The summed E-state index contributed by atoms with van der Waals surface area (Å²) < 4.78 is 0. The maximum Gasteiger partial charge on any atom is 0.245 e. The van der Waals surface area contributed by atoms with Crippen LogP contribution in [-0.2, 0) is 22.4 Å². The van der Waals surface area contributed by atoms with Gasteiger partial charge in [0.25, 0.3) is 0 Å². The zero-order chi connectivity index (χ0) is 18.7. The van der Waals surface area contributed by atoms with Gasteiger partial charge in [-0.1, -0.05) is 26.0 Å². The predicted molar refractivity (Wildman–Crippen MR) is 104 cm³/mol. The fourth-order valence-corrected chi connectivity index (χ4v) is 3.68. The monoisotopic (exact) mass is 372 g/mol. The van der Waals surface area contributed by atoms with Crippen molar-refractivity contribution in [2.45, 2.75) is 39.2 Å². The maximum atomic E-state index is 12.0. The van der Waals surface area contributed by atoms with Crippen molar-refractivity contribution in [2.24, 2.45) is 11.7 Å². The number of rotatable bonds is 6. The van der Waals surface area contributed by atoms with Gasteiger partial charge in [-0.25, -0.2) is 4.98 Å². The van der Waals surface area contributed by atoms with Gasteiger partial charge >= 0.3 is 0 Å². The van der Waals surface area contributed by atoms with Gasteiger partial charge in [0.2, 0.25) is 11.8 Å². The Hall–Kier alpha value is -2.25. The quantitative estimate of drug-likeness (QED) is 0.725. The fraction of sp³-hybridized carbons (Fsp3) is 0.421. The molecule has 1 atom stereocenters. The van der Waals surface area contributed by atoms with Crippen LogP contribution in [0.5, 0.6) is 0 Å². The third-order valence-corrected chi connectivity index (χ3v) is 5.35. The van der Waals surface area contributed by atoms with E-state index in [9.17, 15) is 9.59 Å². The Balaban J connectivity index is 1.57. The number of carbonyl (C=O) groups excluding carboxylic acids is 2. The molecule has 2 aromatic rings. The number of nitrogens with two attached hydrogens (primary N) is 1. The van der Waals surface area contributed by atoms with Gasteiger partial charge in [0.05, 0.1) is 18.3 Å². The first kappa shape index (κ1) is 18.5. The average Bonchev–Trinajstić information content (AvgIpc) is 3.27. The van der Waals surface area contributed by atoms with Crippen molar-refractivity contribution in [1.29, 1.82) is 0 Å². The zero-order valence-corrected chi connectivity index (χ0v) is 15.9. The van der Waals surface area contributed by atoms with Crippen LogP contribution < -0.4 is 16.4 Å². The number of aromatic nitrogens is 1. The van der Waals surface area contributed by atoms with Crippen molar-refractivity contribution in [3.05, 3.63) is 34.7 Å². The number of hydrogen-bond donors (Lipinski definition) is 3. The standard InChI is InChI=1S/C19H24N4O2S/c1-11(2)17(20)18(25)21-9-16(24)23-19-22-15(10-26-19)14-7-6-12-4-3-5-13(12)8-14/h6-8,10-11,17H,3-5,9,20H2,1-2H3,(H,21,25)(H,22,23,24)/t17-/m0/s1. The first-order valence-electron chi connectivity index (χ1n) is 8.85. The number of amides is 2. The lowest BCUT2D eigenvalue weighted by Gasteiger charge is -2.14. The fourth-order valence-electron chi connectivity index (χ4n) is 2.95. The van der Waals surface area contributed by atoms with Gasteiger partial charge in [-0.2, -0.15) is 0 Å². The van der Waals surface area contributed by atoms with E-state index >= 15 is 0 Å². The van der Waals surface area contributed by atoms with Crippen molar-refractivity contribution >= 4 is 28.3 Å². The van der Waals surface area contributed by atoms with Gasteiger partial charge in [0.15, 0.2) is 5.13 Å². The van der Waals surface area contributed by atoms with E-state index in [4.69, 9.17) is 5.73 Å². The average molecular weight is 372 g/mol. The number of hydrogen-bond acceptors (Lipinski definition) is 5. The second kappa shape index (κ2) is 7.97. The van der Waals surface area contributed by atoms with Crippen molar-refractivity contribution in [3.63, 3.8) is 0 Å². The van der Waals surface area contributed by atoms with E-state index in [0.717, 1.165) is 24.1 Å². The van der Waals surface area contributed by atoms with E-state index < -0.39 is 6.04 Å².